The quantitative estimate of drug-likeness (QED) is 0.474. The maximum Gasteiger partial charge on any atom is -0.0251 e. The zero-order valence-corrected chi connectivity index (χ0v) is 14.6. The van der Waals surface area contributed by atoms with Crippen molar-refractivity contribution < 1.29 is 0 Å². The van der Waals surface area contributed by atoms with Gasteiger partial charge in [0.25, 0.3) is 0 Å². The van der Waals surface area contributed by atoms with E-state index in [4.69, 9.17) is 0 Å². The Bertz CT molecular complexity index is 275. The molecule has 0 unspecified atom stereocenters. The fraction of sp³-hybridized carbons (Fsp3) is 1.00. The first-order valence-corrected chi connectivity index (χ1v) is 7.62. The molecule has 0 radical (unpaired) electrons. The van der Waals surface area contributed by atoms with Crippen molar-refractivity contribution in [1.82, 2.24) is 0 Å². The summed E-state index contributed by atoms with van der Waals surface area (Å²) in [6, 6.07) is 0. The van der Waals surface area contributed by atoms with Gasteiger partial charge >= 0.3 is 0 Å². The van der Waals surface area contributed by atoms with Crippen molar-refractivity contribution in [3.8, 4) is 0 Å². The molecule has 0 spiro atoms. The third-order valence-corrected chi connectivity index (χ3v) is 6.18. The lowest BCUT2D eigenvalue weighted by Crippen LogP contribution is -2.57. The van der Waals surface area contributed by atoms with Crippen molar-refractivity contribution in [1.29, 1.82) is 0 Å². The Labute approximate surface area is 116 Å². The van der Waals surface area contributed by atoms with Crippen LogP contribution in [0.1, 0.15) is 88.5 Å². The Balaban J connectivity index is 0.000000184. The van der Waals surface area contributed by atoms with Gasteiger partial charge in [-0.3, -0.25) is 0 Å². The van der Waals surface area contributed by atoms with Crippen molar-refractivity contribution in [2.24, 2.45) is 27.1 Å². The lowest BCUT2D eigenvalue weighted by molar-refractivity contribution is -0.156. The molecule has 2 aliphatic carbocycles. The minimum atomic E-state index is 0.514. The van der Waals surface area contributed by atoms with Crippen LogP contribution in [0.4, 0.5) is 0 Å². The molecule has 0 aliphatic heterocycles. The largest absolute Gasteiger partial charge is 0.0599 e. The van der Waals surface area contributed by atoms with E-state index in [0.29, 0.717) is 27.1 Å². The molecule has 2 saturated carbocycles. The summed E-state index contributed by atoms with van der Waals surface area (Å²) < 4.78 is 0. The van der Waals surface area contributed by atoms with Crippen molar-refractivity contribution in [2.75, 3.05) is 0 Å². The van der Waals surface area contributed by atoms with Gasteiger partial charge in [0.1, 0.15) is 0 Å². The predicted octanol–water partition coefficient (Wildman–Crippen LogP) is 6.30. The summed E-state index contributed by atoms with van der Waals surface area (Å²) in [6.45, 7) is 23.6. The van der Waals surface area contributed by atoms with Gasteiger partial charge < -0.3 is 0 Å². The van der Waals surface area contributed by atoms with E-state index in [2.05, 4.69) is 69.2 Å². The van der Waals surface area contributed by atoms with Crippen LogP contribution in [0.5, 0.6) is 0 Å². The van der Waals surface area contributed by atoms with Crippen LogP contribution < -0.4 is 0 Å². The first-order valence-electron chi connectivity index (χ1n) is 7.62. The van der Waals surface area contributed by atoms with Crippen LogP contribution in [0.25, 0.3) is 0 Å². The first-order chi connectivity index (χ1) is 7.62. The van der Waals surface area contributed by atoms with E-state index in [1.54, 1.807) is 0 Å². The maximum atomic E-state index is 2.39. The van der Waals surface area contributed by atoms with Crippen LogP contribution in [0.2, 0.25) is 0 Å². The van der Waals surface area contributed by atoms with Gasteiger partial charge in [-0.25, -0.2) is 0 Å². The van der Waals surface area contributed by atoms with Crippen LogP contribution in [-0.2, 0) is 0 Å². The Hall–Kier alpha value is 0. The number of hydrogen-bond acceptors (Lipinski definition) is 0. The standard InChI is InChI=1S/C10H20.C8H16/c1-8(2)7-9(3,4)10(8,5)6;1-7(2)5-8(3,4)6-7/h7H2,1-6H3;5-6H2,1-4H3. The molecule has 0 heteroatoms. The van der Waals surface area contributed by atoms with Crippen molar-refractivity contribution in [3.05, 3.63) is 0 Å². The second kappa shape index (κ2) is 4.00. The van der Waals surface area contributed by atoms with E-state index in [0.717, 1.165) is 0 Å². The molecule has 0 nitrogen and oxygen atoms in total. The minimum Gasteiger partial charge on any atom is -0.0599 e. The lowest BCUT2D eigenvalue weighted by Gasteiger charge is -2.65. The molecule has 108 valence electrons. The average Bonchev–Trinajstić information content (AvgIpc) is 1.95. The predicted molar refractivity (Wildman–Crippen MR) is 82.8 cm³/mol. The molecule has 2 fully saturated rings. The minimum absolute atomic E-state index is 0.514. The highest BCUT2D eigenvalue weighted by Crippen LogP contribution is 2.67. The summed E-state index contributed by atoms with van der Waals surface area (Å²) in [5, 5.41) is 0. The molecule has 0 amide bonds. The normalized spacial score (nSPS) is 32.3. The molecule has 18 heavy (non-hydrogen) atoms. The van der Waals surface area contributed by atoms with Gasteiger partial charge in [-0.15, -0.1) is 0 Å². The molecule has 0 heterocycles. The lowest BCUT2D eigenvalue weighted by atomic mass is 9.40. The van der Waals surface area contributed by atoms with Crippen molar-refractivity contribution >= 4 is 0 Å². The highest BCUT2D eigenvalue weighted by Gasteiger charge is 2.58. The molecular weight excluding hydrogens is 216 g/mol. The molecule has 0 saturated heterocycles. The maximum absolute atomic E-state index is 2.39. The zero-order chi connectivity index (χ0) is 14.6. The van der Waals surface area contributed by atoms with E-state index in [1.807, 2.05) is 0 Å². The van der Waals surface area contributed by atoms with Crippen LogP contribution in [0, 0.1) is 27.1 Å². The smallest absolute Gasteiger partial charge is 0.0251 e. The highest BCUT2D eigenvalue weighted by molar-refractivity contribution is 5.07. The average molecular weight is 252 g/mol. The molecule has 0 aromatic carbocycles. The third-order valence-electron chi connectivity index (χ3n) is 6.18. The second-order valence-electron chi connectivity index (χ2n) is 10.3. The van der Waals surface area contributed by atoms with Crippen LogP contribution >= 0.6 is 0 Å². The van der Waals surface area contributed by atoms with Crippen LogP contribution in [-0.4, -0.2) is 0 Å². The van der Waals surface area contributed by atoms with E-state index >= 15 is 0 Å². The van der Waals surface area contributed by atoms with E-state index in [1.165, 1.54) is 19.3 Å². The van der Waals surface area contributed by atoms with Crippen LogP contribution in [0.15, 0.2) is 0 Å². The van der Waals surface area contributed by atoms with Gasteiger partial charge in [-0.2, -0.15) is 0 Å². The van der Waals surface area contributed by atoms with Gasteiger partial charge in [0.15, 0.2) is 0 Å². The second-order valence-corrected chi connectivity index (χ2v) is 10.3. The Morgan fingerprint density at radius 3 is 0.722 bits per heavy atom. The third kappa shape index (κ3) is 2.78. The fourth-order valence-electron chi connectivity index (χ4n) is 4.90. The van der Waals surface area contributed by atoms with Gasteiger partial charge in [0, 0.05) is 0 Å². The summed E-state index contributed by atoms with van der Waals surface area (Å²) in [5.41, 5.74) is 2.93. The van der Waals surface area contributed by atoms with Crippen LogP contribution in [0.3, 0.4) is 0 Å². The highest BCUT2D eigenvalue weighted by atomic mass is 14.6. The van der Waals surface area contributed by atoms with Gasteiger partial charge in [-0.1, -0.05) is 69.2 Å². The first kappa shape index (κ1) is 16.1. The zero-order valence-electron chi connectivity index (χ0n) is 14.6. The number of hydrogen-bond donors (Lipinski definition) is 0. The summed E-state index contributed by atoms with van der Waals surface area (Å²) in [6.07, 6.45) is 4.17. The molecule has 2 aliphatic rings. The van der Waals surface area contributed by atoms with Gasteiger partial charge in [-0.05, 0) is 46.3 Å². The Kier molecular flexibility index (Phi) is 3.56. The van der Waals surface area contributed by atoms with E-state index < -0.39 is 0 Å². The van der Waals surface area contributed by atoms with E-state index in [-0.39, 0.29) is 0 Å². The SMILES string of the molecule is CC1(C)CC(C)(C)C1.CC1(C)CC(C)(C)C1(C)C. The molecule has 0 aromatic heterocycles. The Morgan fingerprint density at radius 1 is 0.444 bits per heavy atom. The molecule has 0 aromatic rings. The van der Waals surface area contributed by atoms with Crippen molar-refractivity contribution in [2.45, 2.75) is 88.5 Å². The summed E-state index contributed by atoms with van der Waals surface area (Å²) >= 11 is 0. The molecular formula is C18H36. The summed E-state index contributed by atoms with van der Waals surface area (Å²) in [4.78, 5) is 0. The molecule has 2 rings (SSSR count). The van der Waals surface area contributed by atoms with Crippen molar-refractivity contribution in [3.63, 3.8) is 0 Å². The van der Waals surface area contributed by atoms with Gasteiger partial charge in [0.2, 0.25) is 0 Å². The molecule has 0 bridgehead atoms. The Morgan fingerprint density at radius 2 is 0.722 bits per heavy atom. The van der Waals surface area contributed by atoms with Gasteiger partial charge in [0.05, 0.1) is 0 Å². The molecule has 0 atom stereocenters. The topological polar surface area (TPSA) is 0 Å². The summed E-state index contributed by atoms with van der Waals surface area (Å²) in [5.74, 6) is 0. The van der Waals surface area contributed by atoms with E-state index in [9.17, 15) is 0 Å². The number of rotatable bonds is 0. The fourth-order valence-corrected chi connectivity index (χ4v) is 4.90. The monoisotopic (exact) mass is 252 g/mol. The molecule has 0 N–H and O–H groups in total. The summed E-state index contributed by atoms with van der Waals surface area (Å²) in [7, 11) is 0.